The fourth-order valence-electron chi connectivity index (χ4n) is 2.41. The third kappa shape index (κ3) is 4.86. The van der Waals surface area contributed by atoms with Gasteiger partial charge in [-0.1, -0.05) is 12.1 Å². The Bertz CT molecular complexity index is 938. The molecule has 0 amide bonds. The van der Waals surface area contributed by atoms with Gasteiger partial charge < -0.3 is 16.4 Å². The highest BCUT2D eigenvalue weighted by molar-refractivity contribution is 5.80. The van der Waals surface area contributed by atoms with E-state index in [-0.39, 0.29) is 28.7 Å². The molecule has 29 heavy (non-hydrogen) atoms. The van der Waals surface area contributed by atoms with Crippen molar-refractivity contribution in [2.75, 3.05) is 16.4 Å². The number of alkyl halides is 6. The molecule has 0 saturated carbocycles. The van der Waals surface area contributed by atoms with Crippen molar-refractivity contribution in [3.8, 4) is 0 Å². The minimum atomic E-state index is -4.52. The molecule has 1 heterocycles. The number of hydrogen-bond acceptors (Lipinski definition) is 5. The molecule has 5 nitrogen and oxygen atoms in total. The molecule has 11 heteroatoms. The number of benzene rings is 2. The van der Waals surface area contributed by atoms with Crippen LogP contribution in [0.25, 0.3) is 0 Å². The van der Waals surface area contributed by atoms with Gasteiger partial charge >= 0.3 is 12.4 Å². The van der Waals surface area contributed by atoms with Crippen molar-refractivity contribution in [1.29, 1.82) is 0 Å². The number of nitrogens with two attached hydrogens (primary N) is 1. The minimum Gasteiger partial charge on any atom is -0.393 e. The molecular formula is C18H13F6N5. The summed E-state index contributed by atoms with van der Waals surface area (Å²) in [4.78, 5) is 7.75. The third-order valence-corrected chi connectivity index (χ3v) is 3.79. The fourth-order valence-corrected chi connectivity index (χ4v) is 2.41. The molecule has 2 aromatic carbocycles. The van der Waals surface area contributed by atoms with Crippen LogP contribution in [0.2, 0.25) is 0 Å². The number of hydrogen-bond donors (Lipinski definition) is 3. The number of halogens is 6. The van der Waals surface area contributed by atoms with Crippen LogP contribution in [0, 0.1) is 0 Å². The summed E-state index contributed by atoms with van der Waals surface area (Å²) in [6, 6.07) is 8.77. The monoisotopic (exact) mass is 413 g/mol. The number of nitrogens with zero attached hydrogens (tertiary/aromatic N) is 2. The molecule has 1 aromatic heterocycles. The molecular weight excluding hydrogens is 400 g/mol. The Hall–Kier alpha value is -3.50. The summed E-state index contributed by atoms with van der Waals surface area (Å²) in [7, 11) is 0. The van der Waals surface area contributed by atoms with Gasteiger partial charge in [-0.15, -0.1) is 0 Å². The van der Waals surface area contributed by atoms with E-state index < -0.39 is 23.5 Å². The van der Waals surface area contributed by atoms with Gasteiger partial charge in [0, 0.05) is 11.4 Å². The minimum absolute atomic E-state index is 0.00574. The van der Waals surface area contributed by atoms with E-state index in [0.717, 1.165) is 30.6 Å². The van der Waals surface area contributed by atoms with Crippen molar-refractivity contribution >= 4 is 28.7 Å². The summed E-state index contributed by atoms with van der Waals surface area (Å²) in [5.74, 6) is -0.0115. The predicted molar refractivity (Wildman–Crippen MR) is 95.9 cm³/mol. The van der Waals surface area contributed by atoms with Gasteiger partial charge in [0.1, 0.15) is 12.0 Å². The van der Waals surface area contributed by atoms with Gasteiger partial charge in [0.05, 0.1) is 11.1 Å². The molecule has 0 bridgehead atoms. The largest absolute Gasteiger partial charge is 0.416 e. The molecule has 0 atom stereocenters. The van der Waals surface area contributed by atoms with E-state index in [9.17, 15) is 26.3 Å². The summed E-state index contributed by atoms with van der Waals surface area (Å²) >= 11 is 0. The number of nitrogen functional groups attached to an aromatic ring is 1. The summed E-state index contributed by atoms with van der Waals surface area (Å²) < 4.78 is 77.0. The van der Waals surface area contributed by atoms with E-state index in [2.05, 4.69) is 20.6 Å². The van der Waals surface area contributed by atoms with Crippen LogP contribution in [0.5, 0.6) is 0 Å². The van der Waals surface area contributed by atoms with Crippen molar-refractivity contribution in [1.82, 2.24) is 9.97 Å². The standard InChI is InChI=1S/C18H13F6N5/c19-17(20,21)10-3-1-5-12(7-10)28-15-14(25)16(27-9-26-15)29-13-6-2-4-11(8-13)18(22,23)24/h1-9H,25H2,(H2,26,27,28,29). The number of rotatable bonds is 4. The third-order valence-electron chi connectivity index (χ3n) is 3.79. The van der Waals surface area contributed by atoms with E-state index in [1.54, 1.807) is 0 Å². The Labute approximate surface area is 160 Å². The van der Waals surface area contributed by atoms with Crippen LogP contribution in [0.3, 0.4) is 0 Å². The van der Waals surface area contributed by atoms with Gasteiger partial charge in [0.25, 0.3) is 0 Å². The maximum atomic E-state index is 12.8. The van der Waals surface area contributed by atoms with Crippen LogP contribution in [-0.2, 0) is 12.4 Å². The predicted octanol–water partition coefficient (Wildman–Crippen LogP) is 5.58. The molecule has 0 aliphatic heterocycles. The summed E-state index contributed by atoms with van der Waals surface area (Å²) in [5, 5.41) is 5.30. The van der Waals surface area contributed by atoms with Crippen LogP contribution >= 0.6 is 0 Å². The Balaban J connectivity index is 1.86. The smallest absolute Gasteiger partial charge is 0.393 e. The lowest BCUT2D eigenvalue weighted by Crippen LogP contribution is -2.08. The van der Waals surface area contributed by atoms with Gasteiger partial charge in [0.2, 0.25) is 0 Å². The zero-order valence-corrected chi connectivity index (χ0v) is 14.4. The molecule has 0 unspecified atom stereocenters. The first-order chi connectivity index (χ1) is 13.5. The fraction of sp³-hybridized carbons (Fsp3) is 0.111. The van der Waals surface area contributed by atoms with Crippen molar-refractivity contribution in [2.45, 2.75) is 12.4 Å². The normalized spacial score (nSPS) is 11.9. The Morgan fingerprint density at radius 3 is 1.48 bits per heavy atom. The molecule has 0 aliphatic rings. The van der Waals surface area contributed by atoms with E-state index in [4.69, 9.17) is 5.73 Å². The first-order valence-electron chi connectivity index (χ1n) is 8.03. The quantitative estimate of drug-likeness (QED) is 0.487. The van der Waals surface area contributed by atoms with Gasteiger partial charge in [-0.25, -0.2) is 9.97 Å². The lowest BCUT2D eigenvalue weighted by Gasteiger charge is -2.14. The summed E-state index contributed by atoms with van der Waals surface area (Å²) in [6.45, 7) is 0. The molecule has 0 fully saturated rings. The average Bonchev–Trinajstić information content (AvgIpc) is 2.64. The lowest BCUT2D eigenvalue weighted by atomic mass is 10.2. The van der Waals surface area contributed by atoms with E-state index >= 15 is 0 Å². The second-order valence-corrected chi connectivity index (χ2v) is 5.89. The zero-order valence-electron chi connectivity index (χ0n) is 14.4. The SMILES string of the molecule is Nc1c(Nc2cccc(C(F)(F)F)c2)ncnc1Nc1cccc(C(F)(F)F)c1. The van der Waals surface area contributed by atoms with E-state index in [1.165, 1.54) is 24.3 Å². The molecule has 0 aliphatic carbocycles. The number of nitrogens with one attached hydrogen (secondary N) is 2. The van der Waals surface area contributed by atoms with Crippen molar-refractivity contribution in [3.05, 3.63) is 66.0 Å². The number of aromatic nitrogens is 2. The van der Waals surface area contributed by atoms with Gasteiger partial charge in [0.15, 0.2) is 11.6 Å². The second kappa shape index (κ2) is 7.49. The molecule has 3 rings (SSSR count). The highest BCUT2D eigenvalue weighted by atomic mass is 19.4. The van der Waals surface area contributed by atoms with Crippen molar-refractivity contribution < 1.29 is 26.3 Å². The molecule has 0 radical (unpaired) electrons. The van der Waals surface area contributed by atoms with Crippen LogP contribution in [0.4, 0.5) is 55.0 Å². The van der Waals surface area contributed by atoms with Gasteiger partial charge in [-0.2, -0.15) is 26.3 Å². The average molecular weight is 413 g/mol. The Kier molecular flexibility index (Phi) is 5.23. The first-order valence-corrected chi connectivity index (χ1v) is 8.03. The Morgan fingerprint density at radius 2 is 1.10 bits per heavy atom. The van der Waals surface area contributed by atoms with Crippen molar-refractivity contribution in [3.63, 3.8) is 0 Å². The summed E-state index contributed by atoms with van der Waals surface area (Å²) in [5.41, 5.74) is 4.28. The van der Waals surface area contributed by atoms with Crippen LogP contribution in [0.15, 0.2) is 54.9 Å². The van der Waals surface area contributed by atoms with E-state index in [1.807, 2.05) is 0 Å². The second-order valence-electron chi connectivity index (χ2n) is 5.89. The highest BCUT2D eigenvalue weighted by Gasteiger charge is 2.31. The maximum Gasteiger partial charge on any atom is 0.416 e. The van der Waals surface area contributed by atoms with Crippen LogP contribution in [-0.4, -0.2) is 9.97 Å². The molecule has 0 spiro atoms. The van der Waals surface area contributed by atoms with Gasteiger partial charge in [-0.05, 0) is 36.4 Å². The molecule has 152 valence electrons. The molecule has 0 saturated heterocycles. The topological polar surface area (TPSA) is 75.9 Å². The summed E-state index contributed by atoms with van der Waals surface area (Å²) in [6.07, 6.45) is -7.97. The zero-order chi connectivity index (χ0) is 21.2. The van der Waals surface area contributed by atoms with Gasteiger partial charge in [-0.3, -0.25) is 0 Å². The highest BCUT2D eigenvalue weighted by Crippen LogP contribution is 2.34. The maximum absolute atomic E-state index is 12.8. The lowest BCUT2D eigenvalue weighted by molar-refractivity contribution is -0.138. The van der Waals surface area contributed by atoms with Crippen LogP contribution in [0.1, 0.15) is 11.1 Å². The van der Waals surface area contributed by atoms with E-state index in [0.29, 0.717) is 0 Å². The first kappa shape index (κ1) is 20.2. The molecule has 4 N–H and O–H groups in total. The molecule has 3 aromatic rings. The van der Waals surface area contributed by atoms with Crippen molar-refractivity contribution in [2.24, 2.45) is 0 Å². The van der Waals surface area contributed by atoms with Crippen LogP contribution < -0.4 is 16.4 Å². The number of anilines is 5. The Morgan fingerprint density at radius 1 is 0.690 bits per heavy atom.